The second kappa shape index (κ2) is 7.17. The van der Waals surface area contributed by atoms with Gasteiger partial charge in [0.15, 0.2) is 0 Å². The molecule has 1 N–H and O–H groups in total. The first-order valence-electron chi connectivity index (χ1n) is 6.43. The van der Waals surface area contributed by atoms with Gasteiger partial charge in [0.05, 0.1) is 13.2 Å². The van der Waals surface area contributed by atoms with Crippen LogP contribution >= 0.6 is 11.6 Å². The van der Waals surface area contributed by atoms with E-state index in [9.17, 15) is 0 Å². The molecule has 2 rings (SSSR count). The largest absolute Gasteiger partial charge is 0.496 e. The molecule has 1 unspecified atom stereocenters. The van der Waals surface area contributed by atoms with Gasteiger partial charge in [-0.15, -0.1) is 0 Å². The van der Waals surface area contributed by atoms with Gasteiger partial charge in [0.25, 0.3) is 0 Å². The van der Waals surface area contributed by atoms with Crippen molar-refractivity contribution in [1.82, 2.24) is 5.32 Å². The summed E-state index contributed by atoms with van der Waals surface area (Å²) in [7, 11) is 3.58. The molecule has 0 spiro atoms. The summed E-state index contributed by atoms with van der Waals surface area (Å²) in [6, 6.07) is 15.3. The number of ether oxygens (including phenoxy) is 2. The molecule has 0 aliphatic carbocycles. The van der Waals surface area contributed by atoms with Crippen LogP contribution in [0.15, 0.2) is 48.5 Å². The third kappa shape index (κ3) is 3.65. The summed E-state index contributed by atoms with van der Waals surface area (Å²) in [5.41, 5.74) is 1.08. The van der Waals surface area contributed by atoms with E-state index in [4.69, 9.17) is 21.1 Å². The van der Waals surface area contributed by atoms with E-state index in [1.165, 1.54) is 0 Å². The molecule has 4 heteroatoms. The molecule has 3 nitrogen and oxygen atoms in total. The highest BCUT2D eigenvalue weighted by atomic mass is 35.5. The van der Waals surface area contributed by atoms with Gasteiger partial charge in [-0.3, -0.25) is 0 Å². The summed E-state index contributed by atoms with van der Waals surface area (Å²) in [4.78, 5) is 0. The molecule has 106 valence electrons. The third-order valence-corrected chi connectivity index (χ3v) is 3.35. The number of likely N-dealkylation sites (N-methyl/N-ethyl adjacent to an activating group) is 1. The first-order valence-corrected chi connectivity index (χ1v) is 6.81. The first-order chi connectivity index (χ1) is 9.74. The molecule has 0 radical (unpaired) electrons. The Bertz CT molecular complexity index is 542. The molecule has 0 saturated carbocycles. The van der Waals surface area contributed by atoms with Crippen LogP contribution < -0.4 is 14.8 Å². The van der Waals surface area contributed by atoms with Crippen LogP contribution in [0.3, 0.4) is 0 Å². The standard InChI is InChI=1S/C16H18ClNO2/c1-18-15(14-5-3-4-6-16(14)19-2)11-20-13-9-7-12(17)8-10-13/h3-10,15,18H,11H2,1-2H3. The highest BCUT2D eigenvalue weighted by molar-refractivity contribution is 6.30. The average molecular weight is 292 g/mol. The van der Waals surface area contributed by atoms with Gasteiger partial charge < -0.3 is 14.8 Å². The van der Waals surface area contributed by atoms with E-state index < -0.39 is 0 Å². The monoisotopic (exact) mass is 291 g/mol. The Morgan fingerprint density at radius 3 is 2.45 bits per heavy atom. The van der Waals surface area contributed by atoms with Crippen molar-refractivity contribution < 1.29 is 9.47 Å². The number of nitrogens with one attached hydrogen (secondary N) is 1. The lowest BCUT2D eigenvalue weighted by Gasteiger charge is -2.19. The second-order valence-corrected chi connectivity index (χ2v) is 4.78. The smallest absolute Gasteiger partial charge is 0.123 e. The summed E-state index contributed by atoms with van der Waals surface area (Å²) in [5.74, 6) is 1.65. The highest BCUT2D eigenvalue weighted by Crippen LogP contribution is 2.25. The number of methoxy groups -OCH3 is 1. The van der Waals surface area contributed by atoms with E-state index in [2.05, 4.69) is 5.32 Å². The fraction of sp³-hybridized carbons (Fsp3) is 0.250. The van der Waals surface area contributed by atoms with E-state index in [1.54, 1.807) is 7.11 Å². The lowest BCUT2D eigenvalue weighted by Crippen LogP contribution is -2.23. The highest BCUT2D eigenvalue weighted by Gasteiger charge is 2.14. The molecule has 0 amide bonds. The fourth-order valence-electron chi connectivity index (χ4n) is 1.99. The van der Waals surface area contributed by atoms with Crippen LogP contribution in [0.1, 0.15) is 11.6 Å². The zero-order valence-corrected chi connectivity index (χ0v) is 12.4. The normalized spacial score (nSPS) is 11.9. The minimum absolute atomic E-state index is 0.0572. The van der Waals surface area contributed by atoms with Crippen molar-refractivity contribution in [3.8, 4) is 11.5 Å². The number of rotatable bonds is 6. The SMILES string of the molecule is CNC(COc1ccc(Cl)cc1)c1ccccc1OC. The predicted molar refractivity (Wildman–Crippen MR) is 81.7 cm³/mol. The minimum Gasteiger partial charge on any atom is -0.496 e. The molecule has 0 saturated heterocycles. The van der Waals surface area contributed by atoms with Crippen molar-refractivity contribution in [3.63, 3.8) is 0 Å². The van der Waals surface area contributed by atoms with Crippen LogP contribution in [0, 0.1) is 0 Å². The zero-order chi connectivity index (χ0) is 14.4. The molecular formula is C16H18ClNO2. The van der Waals surface area contributed by atoms with Crippen molar-refractivity contribution in [2.45, 2.75) is 6.04 Å². The summed E-state index contributed by atoms with van der Waals surface area (Å²) in [5, 5.41) is 3.94. The topological polar surface area (TPSA) is 30.5 Å². The lowest BCUT2D eigenvalue weighted by molar-refractivity contribution is 0.269. The molecule has 0 aliphatic rings. The maximum atomic E-state index is 5.85. The third-order valence-electron chi connectivity index (χ3n) is 3.09. The number of halogens is 1. The van der Waals surface area contributed by atoms with E-state index >= 15 is 0 Å². The molecule has 2 aromatic rings. The lowest BCUT2D eigenvalue weighted by atomic mass is 10.1. The molecule has 0 fully saturated rings. The summed E-state index contributed by atoms with van der Waals surface area (Å²) >= 11 is 5.85. The van der Waals surface area contributed by atoms with Crippen LogP contribution in [-0.2, 0) is 0 Å². The Morgan fingerprint density at radius 1 is 1.10 bits per heavy atom. The van der Waals surface area contributed by atoms with Gasteiger partial charge in [0.2, 0.25) is 0 Å². The van der Waals surface area contributed by atoms with Crippen LogP contribution in [-0.4, -0.2) is 20.8 Å². The zero-order valence-electron chi connectivity index (χ0n) is 11.6. The van der Waals surface area contributed by atoms with Gasteiger partial charge in [-0.05, 0) is 37.4 Å². The van der Waals surface area contributed by atoms with Crippen molar-refractivity contribution in [3.05, 3.63) is 59.1 Å². The van der Waals surface area contributed by atoms with Gasteiger partial charge in [-0.1, -0.05) is 29.8 Å². The molecule has 0 aromatic heterocycles. The second-order valence-electron chi connectivity index (χ2n) is 4.35. The van der Waals surface area contributed by atoms with E-state index in [0.29, 0.717) is 11.6 Å². The van der Waals surface area contributed by atoms with Crippen LogP contribution in [0.25, 0.3) is 0 Å². The maximum Gasteiger partial charge on any atom is 0.123 e. The van der Waals surface area contributed by atoms with Gasteiger partial charge in [0, 0.05) is 10.6 Å². The van der Waals surface area contributed by atoms with Crippen molar-refractivity contribution in [2.24, 2.45) is 0 Å². The molecule has 2 aromatic carbocycles. The van der Waals surface area contributed by atoms with E-state index in [0.717, 1.165) is 17.1 Å². The molecule has 0 bridgehead atoms. The Hall–Kier alpha value is -1.71. The van der Waals surface area contributed by atoms with E-state index in [1.807, 2.05) is 55.6 Å². The number of benzene rings is 2. The quantitative estimate of drug-likeness (QED) is 0.880. The number of hydrogen-bond acceptors (Lipinski definition) is 3. The van der Waals surface area contributed by atoms with Crippen molar-refractivity contribution in [2.75, 3.05) is 20.8 Å². The summed E-state index contributed by atoms with van der Waals surface area (Å²) in [6.45, 7) is 0.512. The van der Waals surface area contributed by atoms with Crippen LogP contribution in [0.2, 0.25) is 5.02 Å². The first kappa shape index (κ1) is 14.7. The Kier molecular flexibility index (Phi) is 5.27. The fourth-order valence-corrected chi connectivity index (χ4v) is 2.12. The average Bonchev–Trinajstić information content (AvgIpc) is 2.50. The molecule has 0 aliphatic heterocycles. The predicted octanol–water partition coefficient (Wildman–Crippen LogP) is 3.69. The number of hydrogen-bond donors (Lipinski definition) is 1. The Morgan fingerprint density at radius 2 is 1.80 bits per heavy atom. The van der Waals surface area contributed by atoms with Crippen molar-refractivity contribution in [1.29, 1.82) is 0 Å². The minimum atomic E-state index is 0.0572. The van der Waals surface area contributed by atoms with Crippen molar-refractivity contribution >= 4 is 11.6 Å². The van der Waals surface area contributed by atoms with Gasteiger partial charge in [-0.2, -0.15) is 0 Å². The van der Waals surface area contributed by atoms with Crippen LogP contribution in [0.5, 0.6) is 11.5 Å². The van der Waals surface area contributed by atoms with Gasteiger partial charge in [0.1, 0.15) is 18.1 Å². The van der Waals surface area contributed by atoms with E-state index in [-0.39, 0.29) is 6.04 Å². The Balaban J connectivity index is 2.07. The molecular weight excluding hydrogens is 274 g/mol. The summed E-state index contributed by atoms with van der Waals surface area (Å²) in [6.07, 6.45) is 0. The molecule has 1 atom stereocenters. The van der Waals surface area contributed by atoms with Crippen LogP contribution in [0.4, 0.5) is 0 Å². The van der Waals surface area contributed by atoms with Gasteiger partial charge >= 0.3 is 0 Å². The molecule has 0 heterocycles. The molecule has 20 heavy (non-hydrogen) atoms. The maximum absolute atomic E-state index is 5.85. The Labute approximate surface area is 124 Å². The van der Waals surface area contributed by atoms with Gasteiger partial charge in [-0.25, -0.2) is 0 Å². The summed E-state index contributed by atoms with van der Waals surface area (Å²) < 4.78 is 11.2. The number of para-hydroxylation sites is 1.